The molecule has 3 N–H and O–H groups in total. The molecule has 1 unspecified atom stereocenters. The summed E-state index contributed by atoms with van der Waals surface area (Å²) >= 11 is 0. The summed E-state index contributed by atoms with van der Waals surface area (Å²) in [5, 5.41) is 8.51. The molecule has 1 saturated carbocycles. The van der Waals surface area contributed by atoms with E-state index in [1.165, 1.54) is 28.9 Å². The van der Waals surface area contributed by atoms with E-state index in [-0.39, 0.29) is 30.6 Å². The Balaban J connectivity index is 1.25. The summed E-state index contributed by atoms with van der Waals surface area (Å²) in [4.78, 5) is 50.8. The van der Waals surface area contributed by atoms with E-state index in [4.69, 9.17) is 0 Å². The zero-order valence-corrected chi connectivity index (χ0v) is 19.1. The van der Waals surface area contributed by atoms with Gasteiger partial charge in [-0.3, -0.25) is 24.5 Å². The van der Waals surface area contributed by atoms with Gasteiger partial charge >= 0.3 is 0 Å². The molecule has 176 valence electrons. The lowest BCUT2D eigenvalue weighted by atomic mass is 10.0. The number of carbonyl (C=O) groups excluding carboxylic acids is 4. The van der Waals surface area contributed by atoms with Gasteiger partial charge in [0.25, 0.3) is 5.91 Å². The zero-order valence-electron chi connectivity index (χ0n) is 19.1. The molecular formula is C26H28N4O4. The second-order valence-corrected chi connectivity index (χ2v) is 9.33. The maximum atomic E-state index is 12.8. The molecule has 2 fully saturated rings. The molecule has 2 aromatic carbocycles. The fourth-order valence-corrected chi connectivity index (χ4v) is 4.95. The third-order valence-electron chi connectivity index (χ3n) is 6.76. The number of nitrogens with zero attached hydrogens (tertiary/aromatic N) is 1. The molecule has 2 aromatic rings. The van der Waals surface area contributed by atoms with E-state index in [0.29, 0.717) is 24.4 Å². The second-order valence-electron chi connectivity index (χ2n) is 9.33. The summed E-state index contributed by atoms with van der Waals surface area (Å²) in [6, 6.07) is 10.8. The van der Waals surface area contributed by atoms with Crippen molar-refractivity contribution in [3.05, 3.63) is 64.2 Å². The monoisotopic (exact) mass is 460 g/mol. The van der Waals surface area contributed by atoms with Crippen LogP contribution in [0.1, 0.15) is 64.2 Å². The minimum atomic E-state index is -0.644. The van der Waals surface area contributed by atoms with E-state index >= 15 is 0 Å². The van der Waals surface area contributed by atoms with Crippen LogP contribution in [0, 0.1) is 0 Å². The molecule has 0 bridgehead atoms. The Kier molecular flexibility index (Phi) is 5.91. The van der Waals surface area contributed by atoms with Crippen molar-refractivity contribution in [2.75, 3.05) is 12.4 Å². The van der Waals surface area contributed by atoms with Crippen molar-refractivity contribution < 1.29 is 19.2 Å². The lowest BCUT2D eigenvalue weighted by molar-refractivity contribution is -0.137. The number of amides is 4. The number of rotatable bonds is 7. The average molecular weight is 461 g/mol. The highest BCUT2D eigenvalue weighted by Crippen LogP contribution is 2.42. The molecule has 8 nitrogen and oxygen atoms in total. The predicted molar refractivity (Wildman–Crippen MR) is 126 cm³/mol. The molecular weight excluding hydrogens is 432 g/mol. The van der Waals surface area contributed by atoms with Gasteiger partial charge in [0.05, 0.1) is 6.42 Å². The van der Waals surface area contributed by atoms with Crippen LogP contribution < -0.4 is 16.0 Å². The minimum absolute atomic E-state index is 0.124. The van der Waals surface area contributed by atoms with E-state index in [2.05, 4.69) is 22.0 Å². The SMILES string of the molecule is CNCc1cc(NC(=O)Cc2ccc3c(c2)CN(C2CCC(=O)NC2=O)C3=O)ccc1C1CC1. The van der Waals surface area contributed by atoms with Crippen molar-refractivity contribution in [2.45, 2.75) is 57.2 Å². The van der Waals surface area contributed by atoms with E-state index in [1.807, 2.05) is 25.2 Å². The summed E-state index contributed by atoms with van der Waals surface area (Å²) < 4.78 is 0. The normalized spacial score (nSPS) is 19.7. The first-order valence-electron chi connectivity index (χ1n) is 11.8. The van der Waals surface area contributed by atoms with Gasteiger partial charge in [-0.15, -0.1) is 0 Å². The molecule has 0 aromatic heterocycles. The van der Waals surface area contributed by atoms with Gasteiger partial charge in [-0.05, 0) is 72.7 Å². The third kappa shape index (κ3) is 4.46. The largest absolute Gasteiger partial charge is 0.326 e. The fourth-order valence-electron chi connectivity index (χ4n) is 4.95. The molecule has 4 amide bonds. The summed E-state index contributed by atoms with van der Waals surface area (Å²) in [6.45, 7) is 1.06. The molecule has 1 aliphatic carbocycles. The summed E-state index contributed by atoms with van der Waals surface area (Å²) in [5.74, 6) is -0.433. The first-order chi connectivity index (χ1) is 16.4. The van der Waals surface area contributed by atoms with Crippen LogP contribution in [-0.4, -0.2) is 41.6 Å². The number of imide groups is 1. The number of piperidine rings is 1. The van der Waals surface area contributed by atoms with Crippen molar-refractivity contribution >= 4 is 29.3 Å². The van der Waals surface area contributed by atoms with Gasteiger partial charge in [0, 0.05) is 30.8 Å². The van der Waals surface area contributed by atoms with Crippen molar-refractivity contribution in [1.82, 2.24) is 15.5 Å². The molecule has 1 saturated heterocycles. The molecule has 0 spiro atoms. The second kappa shape index (κ2) is 9.02. The van der Waals surface area contributed by atoms with Crippen molar-refractivity contribution in [3.8, 4) is 0 Å². The van der Waals surface area contributed by atoms with Gasteiger partial charge in [0.15, 0.2) is 0 Å². The highest BCUT2D eigenvalue weighted by atomic mass is 16.2. The number of hydrogen-bond donors (Lipinski definition) is 3. The van der Waals surface area contributed by atoms with E-state index < -0.39 is 11.9 Å². The Morgan fingerprint density at radius 2 is 1.91 bits per heavy atom. The van der Waals surface area contributed by atoms with E-state index in [1.54, 1.807) is 12.1 Å². The molecule has 3 aliphatic rings. The highest BCUT2D eigenvalue weighted by molar-refractivity contribution is 6.05. The van der Waals surface area contributed by atoms with Crippen LogP contribution in [0.3, 0.4) is 0 Å². The van der Waals surface area contributed by atoms with Gasteiger partial charge in [-0.25, -0.2) is 0 Å². The average Bonchev–Trinajstić information content (AvgIpc) is 3.58. The number of anilines is 1. The molecule has 1 atom stereocenters. The van der Waals surface area contributed by atoms with E-state index in [0.717, 1.165) is 23.4 Å². The quantitative estimate of drug-likeness (QED) is 0.550. The summed E-state index contributed by atoms with van der Waals surface area (Å²) in [7, 11) is 1.92. The maximum absolute atomic E-state index is 12.8. The Morgan fingerprint density at radius 1 is 1.09 bits per heavy atom. The lowest BCUT2D eigenvalue weighted by Gasteiger charge is -2.29. The number of hydrogen-bond acceptors (Lipinski definition) is 5. The van der Waals surface area contributed by atoms with Gasteiger partial charge in [0.2, 0.25) is 17.7 Å². The van der Waals surface area contributed by atoms with E-state index in [9.17, 15) is 19.2 Å². The Morgan fingerprint density at radius 3 is 2.65 bits per heavy atom. The number of carbonyl (C=O) groups is 4. The fraction of sp³-hybridized carbons (Fsp3) is 0.385. The molecule has 2 heterocycles. The van der Waals surface area contributed by atoms with Crippen LogP contribution in [0.25, 0.3) is 0 Å². The van der Waals surface area contributed by atoms with Gasteiger partial charge in [0.1, 0.15) is 6.04 Å². The zero-order chi connectivity index (χ0) is 23.8. The van der Waals surface area contributed by atoms with Crippen LogP contribution >= 0.6 is 0 Å². The van der Waals surface area contributed by atoms with Crippen LogP contribution in [0.15, 0.2) is 36.4 Å². The van der Waals surface area contributed by atoms with Crippen LogP contribution in [0.5, 0.6) is 0 Å². The predicted octanol–water partition coefficient (Wildman–Crippen LogP) is 2.23. The van der Waals surface area contributed by atoms with Crippen LogP contribution in [0.2, 0.25) is 0 Å². The van der Waals surface area contributed by atoms with Gasteiger partial charge in [-0.2, -0.15) is 0 Å². The topological polar surface area (TPSA) is 108 Å². The molecule has 34 heavy (non-hydrogen) atoms. The molecule has 5 rings (SSSR count). The number of benzene rings is 2. The van der Waals surface area contributed by atoms with Crippen LogP contribution in [0.4, 0.5) is 5.69 Å². The minimum Gasteiger partial charge on any atom is -0.326 e. The highest BCUT2D eigenvalue weighted by Gasteiger charge is 2.39. The molecule has 2 aliphatic heterocycles. The Bertz CT molecular complexity index is 1190. The number of nitrogens with one attached hydrogen (secondary N) is 3. The Hall–Kier alpha value is -3.52. The molecule has 0 radical (unpaired) electrons. The van der Waals surface area contributed by atoms with Gasteiger partial charge in [-0.1, -0.05) is 18.2 Å². The first kappa shape index (κ1) is 22.3. The maximum Gasteiger partial charge on any atom is 0.255 e. The van der Waals surface area contributed by atoms with Crippen molar-refractivity contribution in [1.29, 1.82) is 0 Å². The standard InChI is InChI=1S/C26H28N4O4/c1-27-13-17-12-19(5-7-20(17)16-3-4-16)28-24(32)11-15-2-6-21-18(10-15)14-30(26(21)34)22-8-9-23(31)29-25(22)33/h2,5-7,10,12,16,22,27H,3-4,8-9,11,13-14H2,1H3,(H,28,32)(H,29,31,33). The van der Waals surface area contributed by atoms with Crippen LogP contribution in [-0.2, 0) is 33.9 Å². The first-order valence-corrected chi connectivity index (χ1v) is 11.8. The lowest BCUT2D eigenvalue weighted by Crippen LogP contribution is -2.52. The summed E-state index contributed by atoms with van der Waals surface area (Å²) in [6.07, 6.45) is 3.19. The molecule has 8 heteroatoms. The number of fused-ring (bicyclic) bond motifs is 1. The van der Waals surface area contributed by atoms with Gasteiger partial charge < -0.3 is 15.5 Å². The van der Waals surface area contributed by atoms with Crippen molar-refractivity contribution in [2.24, 2.45) is 0 Å². The van der Waals surface area contributed by atoms with Crippen molar-refractivity contribution in [3.63, 3.8) is 0 Å². The third-order valence-corrected chi connectivity index (χ3v) is 6.76. The summed E-state index contributed by atoms with van der Waals surface area (Å²) in [5.41, 5.74) is 5.49. The Labute approximate surface area is 198 Å². The smallest absolute Gasteiger partial charge is 0.255 e.